The molecular weight excluding hydrogens is 336 g/mol. The zero-order valence-electron chi connectivity index (χ0n) is 14.4. The summed E-state index contributed by atoms with van der Waals surface area (Å²) in [5, 5.41) is 17.2. The minimum atomic E-state index is -0.476. The summed E-state index contributed by atoms with van der Waals surface area (Å²) in [5.74, 6) is 0.0719. The number of rotatable bonds is 8. The number of hydrogen-bond acceptors (Lipinski definition) is 6. The predicted octanol–water partition coefficient (Wildman–Crippen LogP) is 2.89. The van der Waals surface area contributed by atoms with E-state index in [0.29, 0.717) is 18.2 Å². The van der Waals surface area contributed by atoms with Crippen LogP contribution in [-0.2, 0) is 6.54 Å². The molecule has 1 aromatic heterocycles. The molecule has 1 aliphatic rings. The second-order valence-corrected chi connectivity index (χ2v) is 5.99. The van der Waals surface area contributed by atoms with E-state index in [9.17, 15) is 14.9 Å². The third kappa shape index (κ3) is 4.27. The van der Waals surface area contributed by atoms with E-state index in [1.54, 1.807) is 24.4 Å². The van der Waals surface area contributed by atoms with Gasteiger partial charge in [-0.2, -0.15) is 0 Å². The molecule has 0 spiro atoms. The molecule has 8 nitrogen and oxygen atoms in total. The summed E-state index contributed by atoms with van der Waals surface area (Å²) in [7, 11) is 0. The van der Waals surface area contributed by atoms with E-state index in [2.05, 4.69) is 15.6 Å². The topological polar surface area (TPSA) is 106 Å². The van der Waals surface area contributed by atoms with Crippen molar-refractivity contribution >= 4 is 17.3 Å². The van der Waals surface area contributed by atoms with Gasteiger partial charge in [-0.25, -0.2) is 4.98 Å². The Bertz CT molecular complexity index is 821. The zero-order chi connectivity index (χ0) is 18.5. The van der Waals surface area contributed by atoms with Gasteiger partial charge in [-0.1, -0.05) is 6.07 Å². The van der Waals surface area contributed by atoms with Crippen LogP contribution in [0.2, 0.25) is 0 Å². The average molecular weight is 356 g/mol. The molecule has 1 heterocycles. The molecular formula is C18H20N4O4. The Hall–Kier alpha value is -3.16. The number of hydrogen-bond donors (Lipinski definition) is 2. The summed E-state index contributed by atoms with van der Waals surface area (Å²) in [6, 6.07) is 8.32. The number of nitro benzene ring substituents is 1. The Morgan fingerprint density at radius 2 is 2.19 bits per heavy atom. The Labute approximate surface area is 150 Å². The number of amides is 1. The first-order valence-electron chi connectivity index (χ1n) is 8.48. The fraction of sp³-hybridized carbons (Fsp3) is 0.333. The molecule has 8 heteroatoms. The quantitative estimate of drug-likeness (QED) is 0.556. The molecule has 1 aliphatic carbocycles. The number of nitrogens with one attached hydrogen (secondary N) is 2. The van der Waals surface area contributed by atoms with Crippen LogP contribution in [0.5, 0.6) is 5.88 Å². The summed E-state index contributed by atoms with van der Waals surface area (Å²) in [6.07, 6.45) is 3.63. The number of nitrogens with zero attached hydrogens (tertiary/aromatic N) is 2. The van der Waals surface area contributed by atoms with Crippen molar-refractivity contribution in [1.29, 1.82) is 0 Å². The number of pyridine rings is 1. The lowest BCUT2D eigenvalue weighted by molar-refractivity contribution is -0.384. The highest BCUT2D eigenvalue weighted by molar-refractivity contribution is 5.95. The van der Waals surface area contributed by atoms with Crippen LogP contribution in [0.4, 0.5) is 11.4 Å². The van der Waals surface area contributed by atoms with Gasteiger partial charge in [0.1, 0.15) is 5.69 Å². The Kier molecular flexibility index (Phi) is 5.31. The number of ether oxygens (including phenoxy) is 1. The second-order valence-electron chi connectivity index (χ2n) is 5.99. The van der Waals surface area contributed by atoms with Crippen LogP contribution in [-0.4, -0.2) is 28.5 Å². The van der Waals surface area contributed by atoms with Gasteiger partial charge >= 0.3 is 0 Å². The van der Waals surface area contributed by atoms with Crippen molar-refractivity contribution in [2.75, 3.05) is 11.9 Å². The smallest absolute Gasteiger partial charge is 0.293 e. The lowest BCUT2D eigenvalue weighted by Crippen LogP contribution is -2.23. The van der Waals surface area contributed by atoms with E-state index in [4.69, 9.17) is 4.74 Å². The van der Waals surface area contributed by atoms with E-state index in [1.165, 1.54) is 6.07 Å². The van der Waals surface area contributed by atoms with E-state index in [1.807, 2.05) is 13.0 Å². The fourth-order valence-corrected chi connectivity index (χ4v) is 2.50. The third-order valence-corrected chi connectivity index (χ3v) is 3.96. The molecule has 26 heavy (non-hydrogen) atoms. The molecule has 3 rings (SSSR count). The summed E-state index contributed by atoms with van der Waals surface area (Å²) < 4.78 is 5.42. The Morgan fingerprint density at radius 3 is 2.88 bits per heavy atom. The van der Waals surface area contributed by atoms with Gasteiger partial charge in [0.05, 0.1) is 11.5 Å². The van der Waals surface area contributed by atoms with Crippen molar-refractivity contribution in [2.24, 2.45) is 0 Å². The van der Waals surface area contributed by atoms with Gasteiger partial charge < -0.3 is 15.4 Å². The maximum atomic E-state index is 12.4. The average Bonchev–Trinajstić information content (AvgIpc) is 3.45. The molecule has 2 N–H and O–H groups in total. The van der Waals surface area contributed by atoms with Crippen molar-refractivity contribution in [3.63, 3.8) is 0 Å². The van der Waals surface area contributed by atoms with E-state index >= 15 is 0 Å². The van der Waals surface area contributed by atoms with Crippen molar-refractivity contribution in [3.8, 4) is 5.88 Å². The standard InChI is InChI=1S/C18H20N4O4/c1-2-26-18-13(4-3-9-19-18)11-20-17(23)12-5-8-15(21-14-6-7-14)16(10-12)22(24)25/h3-5,8-10,14,21H,2,6-7,11H2,1H3,(H,20,23). The van der Waals surface area contributed by atoms with Gasteiger partial charge in [0.15, 0.2) is 0 Å². The van der Waals surface area contributed by atoms with E-state index in [-0.39, 0.29) is 23.8 Å². The highest BCUT2D eigenvalue weighted by atomic mass is 16.6. The first-order chi connectivity index (χ1) is 12.6. The van der Waals surface area contributed by atoms with Crippen LogP contribution < -0.4 is 15.4 Å². The molecule has 0 bridgehead atoms. The maximum Gasteiger partial charge on any atom is 0.293 e. The molecule has 2 aromatic rings. The SMILES string of the molecule is CCOc1ncccc1CNC(=O)c1ccc(NC2CC2)c([N+](=O)[O-])c1. The molecule has 0 atom stereocenters. The van der Waals surface area contributed by atoms with Gasteiger partial charge in [-0.05, 0) is 38.0 Å². The monoisotopic (exact) mass is 356 g/mol. The molecule has 0 unspecified atom stereocenters. The molecule has 0 saturated heterocycles. The van der Waals surface area contributed by atoms with Crippen LogP contribution >= 0.6 is 0 Å². The molecule has 0 aliphatic heterocycles. The fourth-order valence-electron chi connectivity index (χ4n) is 2.50. The molecule has 1 amide bonds. The van der Waals surface area contributed by atoms with Crippen LogP contribution in [0, 0.1) is 10.1 Å². The second kappa shape index (κ2) is 7.81. The largest absolute Gasteiger partial charge is 0.478 e. The van der Waals surface area contributed by atoms with Gasteiger partial charge in [-0.3, -0.25) is 14.9 Å². The van der Waals surface area contributed by atoms with Gasteiger partial charge in [0.2, 0.25) is 5.88 Å². The minimum Gasteiger partial charge on any atom is -0.478 e. The van der Waals surface area contributed by atoms with Crippen molar-refractivity contribution < 1.29 is 14.5 Å². The summed E-state index contributed by atoms with van der Waals surface area (Å²) in [5.41, 5.74) is 1.32. The zero-order valence-corrected chi connectivity index (χ0v) is 14.4. The Balaban J connectivity index is 1.71. The van der Waals surface area contributed by atoms with Crippen molar-refractivity contribution in [1.82, 2.24) is 10.3 Å². The normalized spacial score (nSPS) is 13.1. The lowest BCUT2D eigenvalue weighted by Gasteiger charge is -2.11. The maximum absolute atomic E-state index is 12.4. The molecule has 136 valence electrons. The predicted molar refractivity (Wildman–Crippen MR) is 96.3 cm³/mol. The highest BCUT2D eigenvalue weighted by Crippen LogP contribution is 2.31. The third-order valence-electron chi connectivity index (χ3n) is 3.96. The number of benzene rings is 1. The first-order valence-corrected chi connectivity index (χ1v) is 8.48. The van der Waals surface area contributed by atoms with E-state index < -0.39 is 10.8 Å². The molecule has 1 aromatic carbocycles. The molecule has 1 saturated carbocycles. The number of carbonyl (C=O) groups excluding carboxylic acids is 1. The first kappa shape index (κ1) is 17.7. The van der Waals surface area contributed by atoms with Crippen LogP contribution in [0.25, 0.3) is 0 Å². The van der Waals surface area contributed by atoms with E-state index in [0.717, 1.165) is 18.4 Å². The number of anilines is 1. The number of carbonyl (C=O) groups is 1. The lowest BCUT2D eigenvalue weighted by atomic mass is 10.1. The molecule has 0 radical (unpaired) electrons. The highest BCUT2D eigenvalue weighted by Gasteiger charge is 2.25. The van der Waals surface area contributed by atoms with Crippen LogP contribution in [0.15, 0.2) is 36.5 Å². The summed E-state index contributed by atoms with van der Waals surface area (Å²) in [6.45, 7) is 2.55. The Morgan fingerprint density at radius 1 is 1.38 bits per heavy atom. The summed E-state index contributed by atoms with van der Waals surface area (Å²) in [4.78, 5) is 27.3. The minimum absolute atomic E-state index is 0.0964. The number of nitro groups is 1. The van der Waals surface area contributed by atoms with Gasteiger partial charge in [-0.15, -0.1) is 0 Å². The van der Waals surface area contributed by atoms with Gasteiger partial charge in [0, 0.05) is 36.0 Å². The van der Waals surface area contributed by atoms with Crippen molar-refractivity contribution in [3.05, 3.63) is 57.8 Å². The van der Waals surface area contributed by atoms with Crippen LogP contribution in [0.1, 0.15) is 35.7 Å². The van der Waals surface area contributed by atoms with Gasteiger partial charge in [0.25, 0.3) is 11.6 Å². The summed E-state index contributed by atoms with van der Waals surface area (Å²) >= 11 is 0. The molecule has 1 fully saturated rings. The van der Waals surface area contributed by atoms with Crippen molar-refractivity contribution in [2.45, 2.75) is 32.4 Å². The van der Waals surface area contributed by atoms with Crippen LogP contribution in [0.3, 0.4) is 0 Å². The number of aromatic nitrogens is 1.